The van der Waals surface area contributed by atoms with Crippen molar-refractivity contribution in [1.29, 1.82) is 0 Å². The molecule has 0 aromatic heterocycles. The van der Waals surface area contributed by atoms with Gasteiger partial charge < -0.3 is 16.0 Å². The second-order valence-electron chi connectivity index (χ2n) is 6.71. The Labute approximate surface area is 164 Å². The molecule has 0 aliphatic carbocycles. The molecule has 0 spiro atoms. The zero-order valence-electron chi connectivity index (χ0n) is 16.1. The number of allylic oxidation sites excluding steroid dienone is 1. The van der Waals surface area contributed by atoms with Crippen molar-refractivity contribution in [2.45, 2.75) is 19.9 Å². The van der Waals surface area contributed by atoms with Gasteiger partial charge in [0.15, 0.2) is 18.1 Å². The SMILES string of the molecule is Cc1ccc(C(=O)Nc2cccc(C(C)[N-]C=CNC3=C[N+](C)=C3)c2)cc1F. The number of hydrogen-bond donors (Lipinski definition) is 2. The minimum absolute atomic E-state index is 0.0752. The predicted molar refractivity (Wildman–Crippen MR) is 110 cm³/mol. The monoisotopic (exact) mass is 378 g/mol. The van der Waals surface area contributed by atoms with Gasteiger partial charge in [-0.2, -0.15) is 6.20 Å². The fraction of sp³-hybridized carbons (Fsp3) is 0.182. The number of aryl methyl sites for hydroxylation is 1. The molecule has 1 atom stereocenters. The molecule has 0 saturated carbocycles. The van der Waals surface area contributed by atoms with Crippen LogP contribution in [-0.2, 0) is 0 Å². The highest BCUT2D eigenvalue weighted by molar-refractivity contribution is 6.04. The molecule has 144 valence electrons. The van der Waals surface area contributed by atoms with E-state index in [-0.39, 0.29) is 17.5 Å². The Balaban J connectivity index is 1.58. The highest BCUT2D eigenvalue weighted by atomic mass is 19.1. The van der Waals surface area contributed by atoms with Gasteiger partial charge in [0.25, 0.3) is 5.91 Å². The maximum Gasteiger partial charge on any atom is 0.255 e. The summed E-state index contributed by atoms with van der Waals surface area (Å²) in [5.41, 5.74) is 3.43. The number of nitrogens with one attached hydrogen (secondary N) is 2. The van der Waals surface area contributed by atoms with Crippen molar-refractivity contribution in [2.24, 2.45) is 0 Å². The molecule has 0 radical (unpaired) electrons. The number of nitrogens with zero attached hydrogens (tertiary/aromatic N) is 2. The lowest BCUT2D eigenvalue weighted by Crippen LogP contribution is -2.21. The van der Waals surface area contributed by atoms with Crippen LogP contribution in [0.15, 0.2) is 66.8 Å². The molecule has 2 N–H and O–H groups in total. The van der Waals surface area contributed by atoms with Gasteiger partial charge in [0, 0.05) is 11.3 Å². The van der Waals surface area contributed by atoms with E-state index in [1.807, 2.05) is 49.2 Å². The summed E-state index contributed by atoms with van der Waals surface area (Å²) >= 11 is 0. The van der Waals surface area contributed by atoms with Crippen LogP contribution < -0.4 is 10.6 Å². The zero-order chi connectivity index (χ0) is 20.1. The quantitative estimate of drug-likeness (QED) is 0.700. The third kappa shape index (κ3) is 4.85. The lowest BCUT2D eigenvalue weighted by molar-refractivity contribution is -0.429. The second kappa shape index (κ2) is 8.52. The standard InChI is InChI=1S/C22H23FN4O/c1-15-7-8-18(12-21(15)23)22(28)26-19-6-4-5-17(11-19)16(2)24-9-10-25-20-13-27(3)14-20/h4-14,16,25H,1-3H3,(H,26,28). The Morgan fingerprint density at radius 1 is 1.25 bits per heavy atom. The molecule has 0 saturated heterocycles. The van der Waals surface area contributed by atoms with Crippen LogP contribution in [0.2, 0.25) is 0 Å². The molecular weight excluding hydrogens is 355 g/mol. The zero-order valence-corrected chi connectivity index (χ0v) is 16.1. The first-order chi connectivity index (χ1) is 13.4. The molecule has 1 amide bonds. The van der Waals surface area contributed by atoms with Gasteiger partial charge >= 0.3 is 0 Å². The maximum atomic E-state index is 13.7. The molecule has 1 heterocycles. The van der Waals surface area contributed by atoms with E-state index in [0.717, 1.165) is 11.3 Å². The van der Waals surface area contributed by atoms with E-state index in [1.165, 1.54) is 6.07 Å². The van der Waals surface area contributed by atoms with Gasteiger partial charge in [-0.05, 0) is 43.0 Å². The summed E-state index contributed by atoms with van der Waals surface area (Å²) in [6.07, 6.45) is 7.45. The summed E-state index contributed by atoms with van der Waals surface area (Å²) in [7, 11) is 1.96. The molecule has 1 aliphatic heterocycles. The third-order valence-electron chi connectivity index (χ3n) is 4.38. The summed E-state index contributed by atoms with van der Waals surface area (Å²) in [5, 5.41) is 10.4. The summed E-state index contributed by atoms with van der Waals surface area (Å²) < 4.78 is 15.6. The van der Waals surface area contributed by atoms with Gasteiger partial charge in [0.1, 0.15) is 12.9 Å². The number of halogens is 1. The van der Waals surface area contributed by atoms with Crippen LogP contribution in [-0.4, -0.2) is 23.7 Å². The molecule has 5 nitrogen and oxygen atoms in total. The smallest absolute Gasteiger partial charge is 0.255 e. The lowest BCUT2D eigenvalue weighted by Gasteiger charge is -2.26. The van der Waals surface area contributed by atoms with Gasteiger partial charge in [0.2, 0.25) is 0 Å². The van der Waals surface area contributed by atoms with Gasteiger partial charge in [-0.3, -0.25) is 4.79 Å². The Morgan fingerprint density at radius 3 is 2.75 bits per heavy atom. The average molecular weight is 378 g/mol. The van der Waals surface area contributed by atoms with E-state index in [2.05, 4.69) is 16.0 Å². The van der Waals surface area contributed by atoms with Gasteiger partial charge in [-0.1, -0.05) is 36.7 Å². The fourth-order valence-corrected chi connectivity index (χ4v) is 2.71. The van der Waals surface area contributed by atoms with E-state index in [1.54, 1.807) is 37.5 Å². The number of rotatable bonds is 7. The van der Waals surface area contributed by atoms with E-state index in [0.29, 0.717) is 11.3 Å². The van der Waals surface area contributed by atoms with Crippen LogP contribution >= 0.6 is 0 Å². The lowest BCUT2D eigenvalue weighted by atomic mass is 10.1. The van der Waals surface area contributed by atoms with E-state index in [4.69, 9.17) is 0 Å². The highest BCUT2D eigenvalue weighted by Crippen LogP contribution is 2.24. The first-order valence-electron chi connectivity index (χ1n) is 9.00. The van der Waals surface area contributed by atoms with E-state index in [9.17, 15) is 9.18 Å². The Hall–Kier alpha value is -3.41. The van der Waals surface area contributed by atoms with Crippen molar-refractivity contribution in [3.8, 4) is 0 Å². The molecular formula is C22H23FN4O. The molecule has 2 aromatic rings. The van der Waals surface area contributed by atoms with E-state index >= 15 is 0 Å². The summed E-state index contributed by atoms with van der Waals surface area (Å²) in [5.74, 6) is -0.740. The summed E-state index contributed by atoms with van der Waals surface area (Å²) in [4.78, 5) is 12.4. The Morgan fingerprint density at radius 2 is 2.04 bits per heavy atom. The first kappa shape index (κ1) is 19.4. The molecule has 0 bridgehead atoms. The predicted octanol–water partition coefficient (Wildman–Crippen LogP) is 4.45. The first-order valence-corrected chi connectivity index (χ1v) is 9.00. The minimum Gasteiger partial charge on any atom is -0.683 e. The normalized spacial score (nSPS) is 14.0. The number of amides is 1. The van der Waals surface area contributed by atoms with Crippen molar-refractivity contribution in [1.82, 2.24) is 5.32 Å². The Bertz CT molecular complexity index is 978. The fourth-order valence-electron chi connectivity index (χ4n) is 2.71. The van der Waals surface area contributed by atoms with E-state index < -0.39 is 5.82 Å². The minimum atomic E-state index is -0.392. The second-order valence-corrected chi connectivity index (χ2v) is 6.71. The summed E-state index contributed by atoms with van der Waals surface area (Å²) in [6, 6.07) is 11.9. The van der Waals surface area contributed by atoms with Gasteiger partial charge in [0.05, 0.1) is 0 Å². The summed E-state index contributed by atoms with van der Waals surface area (Å²) in [6.45, 7) is 3.64. The van der Waals surface area contributed by atoms with Crippen LogP contribution in [0.1, 0.15) is 34.5 Å². The molecule has 28 heavy (non-hydrogen) atoms. The highest BCUT2D eigenvalue weighted by Gasteiger charge is 2.10. The van der Waals surface area contributed by atoms with Crippen molar-refractivity contribution >= 4 is 17.8 Å². The maximum absolute atomic E-state index is 13.7. The van der Waals surface area contributed by atoms with Crippen LogP contribution in [0.25, 0.3) is 5.32 Å². The van der Waals surface area contributed by atoms with Crippen LogP contribution in [0.3, 0.4) is 0 Å². The van der Waals surface area contributed by atoms with Gasteiger partial charge in [-0.25, -0.2) is 8.97 Å². The number of benzene rings is 2. The van der Waals surface area contributed by atoms with Crippen LogP contribution in [0, 0.1) is 12.7 Å². The molecule has 1 aliphatic rings. The Kier molecular flexibility index (Phi) is 5.89. The number of hydrogen-bond acceptors (Lipinski definition) is 2. The van der Waals surface area contributed by atoms with Crippen LogP contribution in [0.4, 0.5) is 10.1 Å². The van der Waals surface area contributed by atoms with Crippen molar-refractivity contribution in [3.05, 3.63) is 94.6 Å². The molecule has 3 rings (SSSR count). The largest absolute Gasteiger partial charge is 0.683 e. The topological polar surface area (TPSA) is 58.2 Å². The number of carbonyl (C=O) groups is 1. The average Bonchev–Trinajstić information content (AvgIpc) is 2.65. The third-order valence-corrected chi connectivity index (χ3v) is 4.38. The molecule has 2 aromatic carbocycles. The molecule has 1 unspecified atom stereocenters. The molecule has 6 heteroatoms. The van der Waals surface area contributed by atoms with Crippen molar-refractivity contribution in [3.63, 3.8) is 0 Å². The number of carbonyl (C=O) groups excluding carboxylic acids is 1. The molecule has 0 fully saturated rings. The number of anilines is 1. The van der Waals surface area contributed by atoms with Gasteiger partial charge in [-0.15, -0.1) is 0 Å². The van der Waals surface area contributed by atoms with Crippen molar-refractivity contribution < 1.29 is 13.8 Å². The van der Waals surface area contributed by atoms with Crippen LogP contribution in [0.5, 0.6) is 0 Å². The van der Waals surface area contributed by atoms with Crippen molar-refractivity contribution in [2.75, 3.05) is 12.4 Å².